The third kappa shape index (κ3) is 6.74. The van der Waals surface area contributed by atoms with Gasteiger partial charge in [-0.15, -0.1) is 0 Å². The first-order valence-corrected chi connectivity index (χ1v) is 14.3. The molecule has 0 aromatic heterocycles. The van der Waals surface area contributed by atoms with Crippen LogP contribution in [0.15, 0.2) is 54.6 Å². The Morgan fingerprint density at radius 2 is 1.83 bits per heavy atom. The van der Waals surface area contributed by atoms with Crippen molar-refractivity contribution in [2.75, 3.05) is 31.2 Å². The SMILES string of the molecule is Cc1c(Cl)cccc1OCCOC(=O)N1C[C@@H]2C[C@@H]2c2c(-c3ccc(Cl)c(COC(=O)NCCC(=O)O)c3)cccc21. The zero-order chi connectivity index (χ0) is 29.8. The van der Waals surface area contributed by atoms with Crippen molar-refractivity contribution in [2.24, 2.45) is 5.92 Å². The number of hydrogen-bond acceptors (Lipinski definition) is 6. The third-order valence-electron chi connectivity index (χ3n) is 7.41. The molecule has 42 heavy (non-hydrogen) atoms. The number of alkyl carbamates (subject to hydrolysis) is 1. The van der Waals surface area contributed by atoms with Crippen molar-refractivity contribution in [3.63, 3.8) is 0 Å². The molecular formula is C31H30Cl2N2O7. The molecule has 2 atom stereocenters. The number of fused-ring (bicyclic) bond motifs is 3. The Morgan fingerprint density at radius 1 is 1.02 bits per heavy atom. The highest BCUT2D eigenvalue weighted by atomic mass is 35.5. The van der Waals surface area contributed by atoms with Crippen LogP contribution in [-0.4, -0.2) is 49.6 Å². The average molecular weight is 613 g/mol. The van der Waals surface area contributed by atoms with Crippen molar-refractivity contribution in [2.45, 2.75) is 32.3 Å². The van der Waals surface area contributed by atoms with E-state index in [1.807, 2.05) is 49.4 Å². The van der Waals surface area contributed by atoms with Gasteiger partial charge >= 0.3 is 18.2 Å². The van der Waals surface area contributed by atoms with Crippen molar-refractivity contribution in [1.29, 1.82) is 0 Å². The molecule has 1 heterocycles. The summed E-state index contributed by atoms with van der Waals surface area (Å²) >= 11 is 12.6. The molecule has 9 nitrogen and oxygen atoms in total. The van der Waals surface area contributed by atoms with Gasteiger partial charge < -0.3 is 24.6 Å². The molecule has 3 aromatic carbocycles. The van der Waals surface area contributed by atoms with Gasteiger partial charge in [-0.25, -0.2) is 9.59 Å². The number of benzene rings is 3. The highest BCUT2D eigenvalue weighted by Gasteiger charge is 2.48. The van der Waals surface area contributed by atoms with Gasteiger partial charge in [-0.1, -0.05) is 47.5 Å². The van der Waals surface area contributed by atoms with E-state index in [0.717, 1.165) is 34.4 Å². The molecule has 1 saturated carbocycles. The van der Waals surface area contributed by atoms with Crippen LogP contribution in [0.1, 0.15) is 35.4 Å². The average Bonchev–Trinajstić information content (AvgIpc) is 3.76. The molecule has 0 radical (unpaired) electrons. The van der Waals surface area contributed by atoms with Gasteiger partial charge in [0.1, 0.15) is 25.6 Å². The molecule has 5 rings (SSSR count). The van der Waals surface area contributed by atoms with Gasteiger partial charge in [-0.2, -0.15) is 0 Å². The number of nitrogens with zero attached hydrogens (tertiary/aromatic N) is 1. The lowest BCUT2D eigenvalue weighted by Gasteiger charge is -2.30. The van der Waals surface area contributed by atoms with E-state index in [9.17, 15) is 14.4 Å². The Morgan fingerprint density at radius 3 is 2.64 bits per heavy atom. The first kappa shape index (κ1) is 29.5. The van der Waals surface area contributed by atoms with E-state index >= 15 is 0 Å². The van der Waals surface area contributed by atoms with Crippen molar-refractivity contribution < 1.29 is 33.7 Å². The van der Waals surface area contributed by atoms with Crippen molar-refractivity contribution in [3.05, 3.63) is 81.3 Å². The summed E-state index contributed by atoms with van der Waals surface area (Å²) < 4.78 is 16.6. The Kier molecular flexibility index (Phi) is 9.09. The predicted molar refractivity (Wildman–Crippen MR) is 159 cm³/mol. The molecule has 1 aliphatic carbocycles. The Hall–Kier alpha value is -3.95. The molecule has 1 fully saturated rings. The fourth-order valence-electron chi connectivity index (χ4n) is 5.16. The predicted octanol–water partition coefficient (Wildman–Crippen LogP) is 6.81. The van der Waals surface area contributed by atoms with Crippen LogP contribution in [-0.2, 0) is 20.9 Å². The van der Waals surface area contributed by atoms with E-state index < -0.39 is 18.2 Å². The number of carboxylic acid groups (broad SMARTS) is 1. The number of carbonyl (C=O) groups excluding carboxylic acids is 2. The zero-order valence-electron chi connectivity index (χ0n) is 22.9. The topological polar surface area (TPSA) is 114 Å². The maximum atomic E-state index is 13.2. The van der Waals surface area contributed by atoms with Gasteiger partial charge in [0.05, 0.1) is 12.1 Å². The molecule has 0 saturated heterocycles. The molecule has 2 aliphatic rings. The maximum Gasteiger partial charge on any atom is 0.414 e. The summed E-state index contributed by atoms with van der Waals surface area (Å²) in [5, 5.41) is 12.2. The zero-order valence-corrected chi connectivity index (χ0v) is 24.4. The lowest BCUT2D eigenvalue weighted by molar-refractivity contribution is -0.136. The van der Waals surface area contributed by atoms with Crippen molar-refractivity contribution in [3.8, 4) is 16.9 Å². The molecule has 1 aliphatic heterocycles. The lowest BCUT2D eigenvalue weighted by Crippen LogP contribution is -2.37. The minimum atomic E-state index is -1.01. The van der Waals surface area contributed by atoms with Gasteiger partial charge in [-0.3, -0.25) is 9.69 Å². The molecule has 0 unspecified atom stereocenters. The van der Waals surface area contributed by atoms with Gasteiger partial charge in [0, 0.05) is 34.3 Å². The molecular weight excluding hydrogens is 583 g/mol. The van der Waals surface area contributed by atoms with Crippen LogP contribution in [0, 0.1) is 12.8 Å². The monoisotopic (exact) mass is 612 g/mol. The normalized spacial score (nSPS) is 16.6. The Bertz CT molecular complexity index is 1510. The highest BCUT2D eigenvalue weighted by molar-refractivity contribution is 6.31. The van der Waals surface area contributed by atoms with Crippen LogP contribution >= 0.6 is 23.2 Å². The van der Waals surface area contributed by atoms with Gasteiger partial charge in [0.25, 0.3) is 0 Å². The highest BCUT2D eigenvalue weighted by Crippen LogP contribution is 2.57. The third-order valence-corrected chi connectivity index (χ3v) is 8.19. The van der Waals surface area contributed by atoms with Crippen LogP contribution in [0.4, 0.5) is 15.3 Å². The fourth-order valence-corrected chi connectivity index (χ4v) is 5.50. The number of aliphatic carboxylic acids is 1. The van der Waals surface area contributed by atoms with E-state index in [0.29, 0.717) is 39.7 Å². The van der Waals surface area contributed by atoms with Crippen LogP contribution in [0.3, 0.4) is 0 Å². The molecule has 2 N–H and O–H groups in total. The first-order chi connectivity index (χ1) is 20.2. The number of ether oxygens (including phenoxy) is 3. The summed E-state index contributed by atoms with van der Waals surface area (Å²) in [4.78, 5) is 37.5. The van der Waals surface area contributed by atoms with E-state index in [2.05, 4.69) is 5.32 Å². The minimum Gasteiger partial charge on any atom is -0.490 e. The summed E-state index contributed by atoms with van der Waals surface area (Å²) in [6.07, 6.45) is -0.374. The first-order valence-electron chi connectivity index (χ1n) is 13.6. The minimum absolute atomic E-state index is 0.0336. The van der Waals surface area contributed by atoms with E-state index in [4.69, 9.17) is 42.5 Å². The molecule has 220 valence electrons. The lowest BCUT2D eigenvalue weighted by atomic mass is 9.91. The summed E-state index contributed by atoms with van der Waals surface area (Å²) in [7, 11) is 0. The van der Waals surface area contributed by atoms with Crippen molar-refractivity contribution in [1.82, 2.24) is 5.32 Å². The molecule has 0 bridgehead atoms. The van der Waals surface area contributed by atoms with Crippen LogP contribution in [0.5, 0.6) is 5.75 Å². The van der Waals surface area contributed by atoms with Crippen molar-refractivity contribution >= 4 is 47.0 Å². The maximum absolute atomic E-state index is 13.2. The van der Waals surface area contributed by atoms with Gasteiger partial charge in [0.15, 0.2) is 0 Å². The number of nitrogens with one attached hydrogen (secondary N) is 1. The van der Waals surface area contributed by atoms with Gasteiger partial charge in [0.2, 0.25) is 0 Å². The van der Waals surface area contributed by atoms with E-state index in [-0.39, 0.29) is 32.8 Å². The van der Waals surface area contributed by atoms with Crippen LogP contribution in [0.2, 0.25) is 10.0 Å². The van der Waals surface area contributed by atoms with E-state index in [1.165, 1.54) is 0 Å². The van der Waals surface area contributed by atoms with Gasteiger partial charge in [-0.05, 0) is 72.2 Å². The second kappa shape index (κ2) is 12.9. The standard InChI is InChI=1S/C31H30Cl2N2O7/c1-18-24(32)5-3-7-27(18)40-12-13-41-31(39)35-16-20-15-23(20)29-22(4-2-6-26(29)35)19-8-9-25(33)21(14-19)17-42-30(38)34-11-10-28(36)37/h2-9,14,20,23H,10-13,15-17H2,1H3,(H,34,38)(H,36,37)/t20-,23-/m0/s1. The van der Waals surface area contributed by atoms with E-state index in [1.54, 1.807) is 17.0 Å². The number of carboxylic acids is 1. The molecule has 2 amide bonds. The number of hydrogen-bond donors (Lipinski definition) is 2. The van der Waals surface area contributed by atoms with Crippen LogP contribution in [0.25, 0.3) is 11.1 Å². The second-order valence-corrected chi connectivity index (χ2v) is 11.0. The quantitative estimate of drug-likeness (QED) is 0.242. The summed E-state index contributed by atoms with van der Waals surface area (Å²) in [6, 6.07) is 16.8. The number of amides is 2. The summed E-state index contributed by atoms with van der Waals surface area (Å²) in [6.45, 7) is 2.64. The molecule has 11 heteroatoms. The number of halogens is 2. The smallest absolute Gasteiger partial charge is 0.414 e. The molecule has 3 aromatic rings. The largest absolute Gasteiger partial charge is 0.490 e. The number of rotatable bonds is 10. The molecule has 0 spiro atoms. The summed E-state index contributed by atoms with van der Waals surface area (Å²) in [5.74, 6) is 0.324. The summed E-state index contributed by atoms with van der Waals surface area (Å²) in [5.41, 5.74) is 5.19. The Labute approximate surface area is 253 Å². The fraction of sp³-hybridized carbons (Fsp3) is 0.323. The second-order valence-electron chi connectivity index (χ2n) is 10.2. The number of anilines is 1. The Balaban J connectivity index is 1.27. The van der Waals surface area contributed by atoms with Crippen LogP contribution < -0.4 is 15.0 Å². The number of carbonyl (C=O) groups is 3.